The molecule has 2 amide bonds. The summed E-state index contributed by atoms with van der Waals surface area (Å²) in [5, 5.41) is 8.87. The highest BCUT2D eigenvalue weighted by Crippen LogP contribution is 2.54. The summed E-state index contributed by atoms with van der Waals surface area (Å²) >= 11 is 8.62. The zero-order valence-corrected chi connectivity index (χ0v) is 23.3. The number of halogens is 12. The molecule has 0 radical (unpaired) electrons. The molecule has 0 aliphatic carbocycles. The van der Waals surface area contributed by atoms with E-state index in [2.05, 4.69) is 16.1 Å². The first-order valence-electron chi connectivity index (χ1n) is 11.3. The minimum atomic E-state index is -6.68. The third kappa shape index (κ3) is 6.42. The second-order valence-corrected chi connectivity index (χ2v) is 9.81. The molecule has 0 bridgehead atoms. The Bertz CT molecular complexity index is 1600. The van der Waals surface area contributed by atoms with E-state index in [-0.39, 0.29) is 43.5 Å². The third-order valence-corrected chi connectivity index (χ3v) is 7.00. The molecule has 3 aromatic carbocycles. The molecule has 0 saturated heterocycles. The molecule has 5 nitrogen and oxygen atoms in total. The lowest BCUT2D eigenvalue weighted by molar-refractivity contribution is -0.348. The molecular weight excluding hydrogens is 692 g/mol. The number of benzene rings is 3. The van der Waals surface area contributed by atoms with Crippen LogP contribution in [0.1, 0.15) is 37.4 Å². The minimum absolute atomic E-state index is 0.0149. The van der Waals surface area contributed by atoms with Gasteiger partial charge in [0.05, 0.1) is 49.6 Å². The van der Waals surface area contributed by atoms with Crippen LogP contribution < -0.4 is 8.83 Å². The highest BCUT2D eigenvalue weighted by molar-refractivity contribution is 9.10. The molecule has 3 aromatic rings. The van der Waals surface area contributed by atoms with Gasteiger partial charge in [-0.25, -0.2) is 8.32 Å². The van der Waals surface area contributed by atoms with Gasteiger partial charge in [-0.05, 0) is 48.5 Å². The summed E-state index contributed by atoms with van der Waals surface area (Å²) in [6.45, 7) is 0. The number of amides is 2. The first-order chi connectivity index (χ1) is 19.6. The van der Waals surface area contributed by atoms with Gasteiger partial charge in [0.15, 0.2) is 0 Å². The fourth-order valence-corrected chi connectivity index (χ4v) is 4.54. The molecule has 43 heavy (non-hydrogen) atoms. The van der Waals surface area contributed by atoms with Crippen molar-refractivity contribution in [3.8, 4) is 6.07 Å². The monoisotopic (exact) mass is 703 g/mol. The molecule has 0 unspecified atom stereocenters. The van der Waals surface area contributed by atoms with E-state index in [1.165, 1.54) is 37.4 Å². The number of nitriles is 1. The molecule has 0 saturated carbocycles. The van der Waals surface area contributed by atoms with Crippen LogP contribution in [0.4, 0.5) is 55.3 Å². The Morgan fingerprint density at radius 3 is 1.95 bits per heavy atom. The lowest BCUT2D eigenvalue weighted by Crippen LogP contribution is -2.50. The van der Waals surface area contributed by atoms with E-state index in [9.17, 15) is 53.5 Å². The quantitative estimate of drug-likeness (QED) is 0.197. The summed E-state index contributed by atoms with van der Waals surface area (Å²) in [6, 6.07) is 9.56. The van der Waals surface area contributed by atoms with Gasteiger partial charge in [0, 0.05) is 23.9 Å². The predicted octanol–water partition coefficient (Wildman–Crippen LogP) is 8.75. The maximum absolute atomic E-state index is 14.5. The van der Waals surface area contributed by atoms with Crippen LogP contribution in [0.2, 0.25) is 5.02 Å². The van der Waals surface area contributed by atoms with Crippen molar-refractivity contribution in [1.29, 1.82) is 5.26 Å². The van der Waals surface area contributed by atoms with E-state index in [1.807, 2.05) is 6.07 Å². The van der Waals surface area contributed by atoms with Crippen molar-refractivity contribution >= 4 is 50.9 Å². The summed E-state index contributed by atoms with van der Waals surface area (Å²) < 4.78 is 135. The first-order valence-corrected chi connectivity index (χ1v) is 12.4. The minimum Gasteiger partial charge on any atom is -0.311 e. The van der Waals surface area contributed by atoms with Gasteiger partial charge in [-0.15, -0.1) is 0 Å². The fourth-order valence-electron chi connectivity index (χ4n) is 3.76. The molecule has 0 fully saturated rings. The molecule has 0 aliphatic rings. The summed E-state index contributed by atoms with van der Waals surface area (Å²) in [4.78, 5) is 27.0. The van der Waals surface area contributed by atoms with Gasteiger partial charge in [0.1, 0.15) is 0 Å². The van der Waals surface area contributed by atoms with E-state index in [0.29, 0.717) is 0 Å². The van der Waals surface area contributed by atoms with Gasteiger partial charge in [0.25, 0.3) is 11.8 Å². The van der Waals surface area contributed by atoms with Crippen LogP contribution in [0.5, 0.6) is 0 Å². The van der Waals surface area contributed by atoms with E-state index in [4.69, 9.17) is 16.9 Å². The molecule has 3 rings (SSSR count). The number of hydrogen-bond donors (Lipinski definition) is 0. The van der Waals surface area contributed by atoms with Crippen LogP contribution in [-0.2, 0) is 11.8 Å². The SMILES string of the molecule is CN(C(=O)c1ccc(C#N)cc1Cl)c1cccc(C(=O)N(Br)c2ccc(C(F)(C(F)(F)F)C(F)(F)F)cc2C(F)(F)F)c1. The van der Waals surface area contributed by atoms with Crippen molar-refractivity contribution in [3.05, 3.63) is 93.5 Å². The number of rotatable bonds is 5. The van der Waals surface area contributed by atoms with Gasteiger partial charge < -0.3 is 4.90 Å². The Kier molecular flexibility index (Phi) is 9.14. The van der Waals surface area contributed by atoms with Crippen LogP contribution >= 0.6 is 27.7 Å². The average Bonchev–Trinajstić information content (AvgIpc) is 2.93. The Morgan fingerprint density at radius 1 is 0.837 bits per heavy atom. The third-order valence-electron chi connectivity index (χ3n) is 5.98. The molecule has 0 heterocycles. The molecule has 0 spiro atoms. The van der Waals surface area contributed by atoms with Crippen LogP contribution in [0.15, 0.2) is 60.7 Å². The first kappa shape index (κ1) is 33.7. The van der Waals surface area contributed by atoms with Crippen molar-refractivity contribution in [3.63, 3.8) is 0 Å². The van der Waals surface area contributed by atoms with E-state index in [1.54, 1.807) is 0 Å². The zero-order chi connectivity index (χ0) is 32.7. The standard InChI is InChI=1S/C26H13BrClF10N3O2/c1-40(22(43)17-7-5-13(12-39)9-19(17)28)16-4-2-3-14(10-16)21(42)41(27)20-8-6-15(11-18(20)24(30,31)32)23(29,25(33,34)35)26(36,37)38/h2-11H,1H3. The number of carbonyl (C=O) groups is 2. The number of alkyl halides is 10. The Balaban J connectivity index is 2.03. The number of nitrogens with zero attached hydrogens (tertiary/aromatic N) is 3. The number of hydrogen-bond acceptors (Lipinski definition) is 3. The Morgan fingerprint density at radius 2 is 1.44 bits per heavy atom. The molecular formula is C26H13BrClF10N3O2. The summed E-state index contributed by atoms with van der Waals surface area (Å²) in [5.41, 5.74) is -12.3. The number of carbonyl (C=O) groups excluding carboxylic acids is 2. The van der Waals surface area contributed by atoms with Crippen molar-refractivity contribution in [2.45, 2.75) is 24.2 Å². The maximum Gasteiger partial charge on any atom is 0.435 e. The van der Waals surface area contributed by atoms with E-state index >= 15 is 0 Å². The molecule has 0 aromatic heterocycles. The summed E-state index contributed by atoms with van der Waals surface area (Å²) in [7, 11) is 1.26. The van der Waals surface area contributed by atoms with Gasteiger partial charge in [0.2, 0.25) is 0 Å². The lowest BCUT2D eigenvalue weighted by atomic mass is 9.92. The topological polar surface area (TPSA) is 64.4 Å². The van der Waals surface area contributed by atoms with Crippen molar-refractivity contribution in [2.75, 3.05) is 15.9 Å². The van der Waals surface area contributed by atoms with Crippen molar-refractivity contribution in [2.24, 2.45) is 0 Å². The van der Waals surface area contributed by atoms with Crippen molar-refractivity contribution in [1.82, 2.24) is 0 Å². The largest absolute Gasteiger partial charge is 0.435 e. The molecule has 228 valence electrons. The normalized spacial score (nSPS) is 12.5. The lowest BCUT2D eigenvalue weighted by Gasteiger charge is -2.31. The summed E-state index contributed by atoms with van der Waals surface area (Å²) in [6.07, 6.45) is -19.0. The van der Waals surface area contributed by atoms with E-state index < -0.39 is 58.9 Å². The van der Waals surface area contributed by atoms with Crippen LogP contribution in [0.25, 0.3) is 0 Å². The zero-order valence-electron chi connectivity index (χ0n) is 21.0. The second-order valence-electron chi connectivity index (χ2n) is 8.69. The molecule has 0 N–H and O–H groups in total. The molecule has 17 heteroatoms. The maximum atomic E-state index is 14.5. The predicted molar refractivity (Wildman–Crippen MR) is 137 cm³/mol. The van der Waals surface area contributed by atoms with Crippen LogP contribution in [0.3, 0.4) is 0 Å². The summed E-state index contributed by atoms with van der Waals surface area (Å²) in [5.74, 6) is -2.01. The smallest absolute Gasteiger partial charge is 0.311 e. The van der Waals surface area contributed by atoms with Crippen molar-refractivity contribution < 1.29 is 53.5 Å². The highest BCUT2D eigenvalue weighted by atomic mass is 79.9. The average molecular weight is 705 g/mol. The fraction of sp³-hybridized carbons (Fsp3) is 0.192. The highest BCUT2D eigenvalue weighted by Gasteiger charge is 2.73. The van der Waals surface area contributed by atoms with Gasteiger partial charge >= 0.3 is 24.2 Å². The van der Waals surface area contributed by atoms with Crippen LogP contribution in [0, 0.1) is 11.3 Å². The molecule has 0 atom stereocenters. The number of anilines is 2. The van der Waals surface area contributed by atoms with Gasteiger partial charge in [-0.3, -0.25) is 9.59 Å². The van der Waals surface area contributed by atoms with Crippen LogP contribution in [-0.4, -0.2) is 31.2 Å². The second kappa shape index (κ2) is 11.7. The Hall–Kier alpha value is -3.84. The van der Waals surface area contributed by atoms with Gasteiger partial charge in [-0.1, -0.05) is 23.7 Å². The van der Waals surface area contributed by atoms with Gasteiger partial charge in [-0.2, -0.15) is 44.8 Å². The van der Waals surface area contributed by atoms with E-state index in [0.717, 1.165) is 17.0 Å². The molecule has 0 aliphatic heterocycles. The Labute approximate surface area is 249 Å².